The Hall–Kier alpha value is -2.63. The summed E-state index contributed by atoms with van der Waals surface area (Å²) in [6, 6.07) is 20.6. The third-order valence-corrected chi connectivity index (χ3v) is 4.95. The Bertz CT molecular complexity index is 986. The highest BCUT2D eigenvalue weighted by Crippen LogP contribution is 2.17. The van der Waals surface area contributed by atoms with E-state index in [1.807, 2.05) is 55.5 Å². The number of halogens is 2. The Balaban J connectivity index is 1.52. The minimum absolute atomic E-state index is 0.312. The van der Waals surface area contributed by atoms with E-state index in [-0.39, 0.29) is 5.91 Å². The predicted molar refractivity (Wildman–Crippen MR) is 116 cm³/mol. The third kappa shape index (κ3) is 5.68. The van der Waals surface area contributed by atoms with Crippen LogP contribution in [0.1, 0.15) is 27.0 Å². The van der Waals surface area contributed by atoms with Gasteiger partial charge in [0.15, 0.2) is 0 Å². The van der Waals surface area contributed by atoms with Crippen molar-refractivity contribution in [2.24, 2.45) is 5.10 Å². The Kier molecular flexibility index (Phi) is 6.85. The molecule has 0 unspecified atom stereocenters. The first-order valence-corrected chi connectivity index (χ1v) is 9.75. The molecule has 3 rings (SSSR count). The Morgan fingerprint density at radius 3 is 2.50 bits per heavy atom. The summed E-state index contributed by atoms with van der Waals surface area (Å²) in [5.41, 5.74) is 5.82. The summed E-state index contributed by atoms with van der Waals surface area (Å²) in [5.74, 6) is 0.450. The molecule has 0 saturated heterocycles. The summed E-state index contributed by atoms with van der Waals surface area (Å²) in [5, 5.41) is 4.54. The summed E-state index contributed by atoms with van der Waals surface area (Å²) in [4.78, 5) is 12.1. The monoisotopic (exact) mass is 456 g/mol. The third-order valence-electron chi connectivity index (χ3n) is 4.01. The number of rotatable bonds is 6. The molecule has 0 aliphatic rings. The molecular weight excluding hydrogens is 440 g/mol. The van der Waals surface area contributed by atoms with Gasteiger partial charge in [0.1, 0.15) is 12.4 Å². The average Bonchev–Trinajstić information content (AvgIpc) is 2.70. The van der Waals surface area contributed by atoms with E-state index < -0.39 is 0 Å². The molecule has 0 spiro atoms. The van der Waals surface area contributed by atoms with Crippen LogP contribution in [-0.2, 0) is 6.61 Å². The quantitative estimate of drug-likeness (QED) is 0.378. The van der Waals surface area contributed by atoms with Crippen LogP contribution >= 0.6 is 27.5 Å². The number of carbonyl (C=O) groups excluding carboxylic acids is 1. The first-order chi connectivity index (χ1) is 13.5. The number of hydrazone groups is 1. The first-order valence-electron chi connectivity index (χ1n) is 8.58. The topological polar surface area (TPSA) is 50.7 Å². The van der Waals surface area contributed by atoms with Crippen LogP contribution in [0.3, 0.4) is 0 Å². The van der Waals surface area contributed by atoms with Gasteiger partial charge in [0, 0.05) is 15.1 Å². The zero-order valence-electron chi connectivity index (χ0n) is 15.2. The highest BCUT2D eigenvalue weighted by atomic mass is 79.9. The zero-order valence-corrected chi connectivity index (χ0v) is 17.5. The van der Waals surface area contributed by atoms with E-state index in [4.69, 9.17) is 16.3 Å². The van der Waals surface area contributed by atoms with Crippen molar-refractivity contribution in [1.29, 1.82) is 0 Å². The molecule has 0 fully saturated rings. The zero-order chi connectivity index (χ0) is 19.9. The fraction of sp³-hybridized carbons (Fsp3) is 0.0909. The van der Waals surface area contributed by atoms with Gasteiger partial charge in [-0.05, 0) is 72.1 Å². The predicted octanol–water partition coefficient (Wildman–Crippen LogP) is 5.75. The molecule has 6 heteroatoms. The fourth-order valence-corrected chi connectivity index (χ4v) is 2.81. The van der Waals surface area contributed by atoms with Gasteiger partial charge in [-0.2, -0.15) is 5.10 Å². The lowest BCUT2D eigenvalue weighted by atomic mass is 10.1. The van der Waals surface area contributed by atoms with Crippen LogP contribution in [0.2, 0.25) is 5.02 Å². The minimum Gasteiger partial charge on any atom is -0.489 e. The molecule has 1 N–H and O–H groups in total. The standard InChI is InChI=1S/C22H18BrClN2O2/c1-15-2-7-18(12-21(15)24)22(27)26-25-13-16-5-10-20(11-6-16)28-14-17-3-8-19(23)9-4-17/h2-13H,14H2,1H3,(H,26,27)/b25-13-. The number of carbonyl (C=O) groups is 1. The van der Waals surface area contributed by atoms with Crippen molar-refractivity contribution in [2.75, 3.05) is 0 Å². The Morgan fingerprint density at radius 2 is 1.82 bits per heavy atom. The number of amides is 1. The molecule has 0 atom stereocenters. The maximum absolute atomic E-state index is 12.1. The highest BCUT2D eigenvalue weighted by Gasteiger charge is 2.06. The summed E-state index contributed by atoms with van der Waals surface area (Å²) in [7, 11) is 0. The van der Waals surface area contributed by atoms with Crippen LogP contribution in [0.25, 0.3) is 0 Å². The largest absolute Gasteiger partial charge is 0.489 e. The summed E-state index contributed by atoms with van der Waals surface area (Å²) < 4.78 is 6.81. The van der Waals surface area contributed by atoms with Gasteiger partial charge in [0.25, 0.3) is 5.91 Å². The van der Waals surface area contributed by atoms with Crippen LogP contribution in [0, 0.1) is 6.92 Å². The van der Waals surface area contributed by atoms with E-state index in [2.05, 4.69) is 26.5 Å². The molecule has 0 saturated carbocycles. The molecule has 4 nitrogen and oxygen atoms in total. The van der Waals surface area contributed by atoms with Crippen molar-refractivity contribution >= 4 is 39.7 Å². The lowest BCUT2D eigenvalue weighted by molar-refractivity contribution is 0.0955. The van der Waals surface area contributed by atoms with Gasteiger partial charge >= 0.3 is 0 Å². The molecule has 0 aliphatic heterocycles. The Labute approximate surface area is 177 Å². The molecule has 3 aromatic rings. The van der Waals surface area contributed by atoms with E-state index in [9.17, 15) is 4.79 Å². The first kappa shape index (κ1) is 20.1. The number of hydrogen-bond acceptors (Lipinski definition) is 3. The van der Waals surface area contributed by atoms with Gasteiger partial charge in [-0.3, -0.25) is 4.79 Å². The van der Waals surface area contributed by atoms with Crippen molar-refractivity contribution in [3.63, 3.8) is 0 Å². The average molecular weight is 458 g/mol. The minimum atomic E-state index is -0.312. The number of hydrogen-bond donors (Lipinski definition) is 1. The Morgan fingerprint density at radius 1 is 1.11 bits per heavy atom. The van der Waals surface area contributed by atoms with Gasteiger partial charge in [-0.1, -0.05) is 45.7 Å². The van der Waals surface area contributed by atoms with E-state index in [1.165, 1.54) is 0 Å². The highest BCUT2D eigenvalue weighted by molar-refractivity contribution is 9.10. The van der Waals surface area contributed by atoms with Gasteiger partial charge in [-0.15, -0.1) is 0 Å². The van der Waals surface area contributed by atoms with Gasteiger partial charge in [0.2, 0.25) is 0 Å². The van der Waals surface area contributed by atoms with Gasteiger partial charge < -0.3 is 4.74 Å². The molecule has 142 valence electrons. The number of benzene rings is 3. The van der Waals surface area contributed by atoms with Crippen LogP contribution < -0.4 is 10.2 Å². The van der Waals surface area contributed by atoms with Crippen molar-refractivity contribution in [3.05, 3.63) is 98.5 Å². The molecule has 3 aromatic carbocycles. The van der Waals surface area contributed by atoms with Crippen LogP contribution in [0.15, 0.2) is 76.3 Å². The van der Waals surface area contributed by atoms with E-state index in [0.717, 1.165) is 26.9 Å². The SMILES string of the molecule is Cc1ccc(C(=O)N/N=C\c2ccc(OCc3ccc(Br)cc3)cc2)cc1Cl. The fourth-order valence-electron chi connectivity index (χ4n) is 2.36. The lowest BCUT2D eigenvalue weighted by Gasteiger charge is -2.06. The molecule has 28 heavy (non-hydrogen) atoms. The summed E-state index contributed by atoms with van der Waals surface area (Å²) >= 11 is 9.45. The summed E-state index contributed by atoms with van der Waals surface area (Å²) in [6.07, 6.45) is 1.58. The molecule has 0 heterocycles. The maximum Gasteiger partial charge on any atom is 0.271 e. The van der Waals surface area contributed by atoms with Crippen LogP contribution in [0.5, 0.6) is 5.75 Å². The second kappa shape index (κ2) is 9.53. The number of nitrogens with one attached hydrogen (secondary N) is 1. The van der Waals surface area contributed by atoms with Crippen molar-refractivity contribution in [3.8, 4) is 5.75 Å². The van der Waals surface area contributed by atoms with Crippen molar-refractivity contribution in [1.82, 2.24) is 5.43 Å². The van der Waals surface area contributed by atoms with Gasteiger partial charge in [-0.25, -0.2) is 5.43 Å². The number of ether oxygens (including phenoxy) is 1. The van der Waals surface area contributed by atoms with Crippen molar-refractivity contribution < 1.29 is 9.53 Å². The van der Waals surface area contributed by atoms with Gasteiger partial charge in [0.05, 0.1) is 6.21 Å². The summed E-state index contributed by atoms with van der Waals surface area (Å²) in [6.45, 7) is 2.38. The van der Waals surface area contributed by atoms with E-state index in [0.29, 0.717) is 17.2 Å². The van der Waals surface area contributed by atoms with E-state index >= 15 is 0 Å². The normalized spacial score (nSPS) is 10.8. The molecule has 0 radical (unpaired) electrons. The van der Waals surface area contributed by atoms with Crippen LogP contribution in [-0.4, -0.2) is 12.1 Å². The molecule has 0 bridgehead atoms. The maximum atomic E-state index is 12.1. The molecular formula is C22H18BrClN2O2. The number of aryl methyl sites for hydroxylation is 1. The van der Waals surface area contributed by atoms with Crippen molar-refractivity contribution in [2.45, 2.75) is 13.5 Å². The molecule has 1 amide bonds. The van der Waals surface area contributed by atoms with E-state index in [1.54, 1.807) is 24.4 Å². The lowest BCUT2D eigenvalue weighted by Crippen LogP contribution is -2.17. The smallest absolute Gasteiger partial charge is 0.271 e. The molecule has 0 aliphatic carbocycles. The van der Waals surface area contributed by atoms with Crippen LogP contribution in [0.4, 0.5) is 0 Å². The second-order valence-electron chi connectivity index (χ2n) is 6.15. The molecule has 0 aromatic heterocycles. The number of nitrogens with zero attached hydrogens (tertiary/aromatic N) is 1. The second-order valence-corrected chi connectivity index (χ2v) is 7.47.